The van der Waals surface area contributed by atoms with Crippen molar-refractivity contribution in [2.45, 2.75) is 57.7 Å². The van der Waals surface area contributed by atoms with Crippen molar-refractivity contribution in [3.8, 4) is 5.75 Å². The van der Waals surface area contributed by atoms with Crippen molar-refractivity contribution in [3.63, 3.8) is 0 Å². The van der Waals surface area contributed by atoms with Gasteiger partial charge < -0.3 is 15.8 Å². The molecular formula is C17H24F2N2O2. The molecule has 23 heavy (non-hydrogen) atoms. The number of nitrogens with two attached hydrogens (primary N) is 1. The maximum atomic E-state index is 12.1. The first kappa shape index (κ1) is 17.7. The Balaban J connectivity index is 1.74. The van der Waals surface area contributed by atoms with Gasteiger partial charge in [0, 0.05) is 6.54 Å². The van der Waals surface area contributed by atoms with E-state index in [-0.39, 0.29) is 11.7 Å². The number of halogens is 2. The zero-order valence-corrected chi connectivity index (χ0v) is 13.1. The van der Waals surface area contributed by atoms with E-state index in [0.717, 1.165) is 24.8 Å². The predicted octanol–water partition coefficient (Wildman–Crippen LogP) is 3.20. The molecule has 0 radical (unpaired) electrons. The van der Waals surface area contributed by atoms with Crippen LogP contribution in [0.5, 0.6) is 5.75 Å². The minimum absolute atomic E-state index is 0.101. The van der Waals surface area contributed by atoms with Gasteiger partial charge in [-0.05, 0) is 30.0 Å². The smallest absolute Gasteiger partial charge is 0.387 e. The zero-order valence-electron chi connectivity index (χ0n) is 13.1. The Kier molecular flexibility index (Phi) is 6.77. The molecule has 0 heterocycles. The van der Waals surface area contributed by atoms with E-state index in [0.29, 0.717) is 12.5 Å². The number of alkyl halides is 2. The molecule has 1 aliphatic rings. The number of ether oxygens (including phenoxy) is 1. The van der Waals surface area contributed by atoms with Gasteiger partial charge >= 0.3 is 6.61 Å². The second kappa shape index (κ2) is 8.82. The van der Waals surface area contributed by atoms with E-state index in [2.05, 4.69) is 10.1 Å². The van der Waals surface area contributed by atoms with Crippen LogP contribution in [0, 0.1) is 5.92 Å². The summed E-state index contributed by atoms with van der Waals surface area (Å²) in [5, 5.41) is 2.80. The molecule has 1 saturated carbocycles. The van der Waals surface area contributed by atoms with Crippen molar-refractivity contribution in [1.82, 2.24) is 5.32 Å². The third-order valence-corrected chi connectivity index (χ3v) is 4.26. The molecule has 1 aromatic rings. The van der Waals surface area contributed by atoms with Crippen LogP contribution in [0.1, 0.15) is 44.1 Å². The van der Waals surface area contributed by atoms with Gasteiger partial charge in [-0.2, -0.15) is 8.78 Å². The summed E-state index contributed by atoms with van der Waals surface area (Å²) in [5.74, 6) is 0.489. The number of carbonyl (C=O) groups excluding carboxylic acids is 1. The molecule has 1 atom stereocenters. The van der Waals surface area contributed by atoms with E-state index in [9.17, 15) is 13.6 Å². The van der Waals surface area contributed by atoms with Crippen LogP contribution < -0.4 is 15.8 Å². The second-order valence-electron chi connectivity index (χ2n) is 6.09. The lowest BCUT2D eigenvalue weighted by atomic mass is 9.85. The lowest BCUT2D eigenvalue weighted by Gasteiger charge is -2.24. The Labute approximate surface area is 135 Å². The summed E-state index contributed by atoms with van der Waals surface area (Å²) in [6, 6.07) is 5.71. The second-order valence-corrected chi connectivity index (χ2v) is 6.09. The van der Waals surface area contributed by atoms with E-state index in [4.69, 9.17) is 5.73 Å². The fourth-order valence-electron chi connectivity index (χ4n) is 3.00. The molecule has 0 bridgehead atoms. The first-order chi connectivity index (χ1) is 11.0. The summed E-state index contributed by atoms with van der Waals surface area (Å²) in [6.45, 7) is -2.51. The Morgan fingerprint density at radius 1 is 1.22 bits per heavy atom. The van der Waals surface area contributed by atoms with Crippen LogP contribution in [-0.2, 0) is 11.3 Å². The average Bonchev–Trinajstić information content (AvgIpc) is 2.54. The third kappa shape index (κ3) is 6.14. The van der Waals surface area contributed by atoms with Crippen LogP contribution in [0.4, 0.5) is 8.78 Å². The van der Waals surface area contributed by atoms with Gasteiger partial charge in [-0.15, -0.1) is 0 Å². The highest BCUT2D eigenvalue weighted by Gasteiger charge is 2.21. The molecule has 128 valence electrons. The molecule has 1 aliphatic carbocycles. The highest BCUT2D eigenvalue weighted by atomic mass is 19.3. The van der Waals surface area contributed by atoms with Crippen molar-refractivity contribution in [2.24, 2.45) is 11.7 Å². The van der Waals surface area contributed by atoms with E-state index in [1.165, 1.54) is 31.4 Å². The largest absolute Gasteiger partial charge is 0.435 e. The molecule has 1 amide bonds. The first-order valence-electron chi connectivity index (χ1n) is 8.11. The average molecular weight is 326 g/mol. The van der Waals surface area contributed by atoms with Crippen molar-refractivity contribution in [1.29, 1.82) is 0 Å². The summed E-state index contributed by atoms with van der Waals surface area (Å²) in [4.78, 5) is 12.0. The number of hydrogen-bond donors (Lipinski definition) is 2. The van der Waals surface area contributed by atoms with Gasteiger partial charge in [0.1, 0.15) is 5.75 Å². The number of amides is 1. The summed E-state index contributed by atoms with van der Waals surface area (Å²) < 4.78 is 28.4. The SMILES string of the molecule is NC(CC1CCCCC1)C(=O)NCc1ccc(OC(F)F)cc1. The Morgan fingerprint density at radius 3 is 2.48 bits per heavy atom. The Bertz CT molecular complexity index is 488. The van der Waals surface area contributed by atoms with Gasteiger partial charge in [0.05, 0.1) is 6.04 Å². The van der Waals surface area contributed by atoms with Crippen molar-refractivity contribution < 1.29 is 18.3 Å². The summed E-state index contributed by atoms with van der Waals surface area (Å²) in [7, 11) is 0. The summed E-state index contributed by atoms with van der Waals surface area (Å²) in [5.41, 5.74) is 6.79. The van der Waals surface area contributed by atoms with Crippen molar-refractivity contribution in [3.05, 3.63) is 29.8 Å². The van der Waals surface area contributed by atoms with Crippen LogP contribution in [-0.4, -0.2) is 18.6 Å². The van der Waals surface area contributed by atoms with Crippen LogP contribution in [0.3, 0.4) is 0 Å². The lowest BCUT2D eigenvalue weighted by Crippen LogP contribution is -2.41. The maximum Gasteiger partial charge on any atom is 0.387 e. The molecule has 1 fully saturated rings. The fraction of sp³-hybridized carbons (Fsp3) is 0.588. The van der Waals surface area contributed by atoms with E-state index < -0.39 is 12.7 Å². The molecule has 0 spiro atoms. The highest BCUT2D eigenvalue weighted by Crippen LogP contribution is 2.27. The van der Waals surface area contributed by atoms with Gasteiger partial charge in [-0.3, -0.25) is 4.79 Å². The molecular weight excluding hydrogens is 302 g/mol. The molecule has 1 unspecified atom stereocenters. The maximum absolute atomic E-state index is 12.1. The van der Waals surface area contributed by atoms with Crippen LogP contribution in [0.2, 0.25) is 0 Å². The quantitative estimate of drug-likeness (QED) is 0.809. The van der Waals surface area contributed by atoms with Crippen LogP contribution >= 0.6 is 0 Å². The van der Waals surface area contributed by atoms with E-state index in [1.54, 1.807) is 12.1 Å². The number of hydrogen-bond acceptors (Lipinski definition) is 3. The molecule has 1 aromatic carbocycles. The number of benzene rings is 1. The lowest BCUT2D eigenvalue weighted by molar-refractivity contribution is -0.123. The predicted molar refractivity (Wildman–Crippen MR) is 84.1 cm³/mol. The third-order valence-electron chi connectivity index (χ3n) is 4.26. The van der Waals surface area contributed by atoms with Gasteiger partial charge in [-0.1, -0.05) is 44.2 Å². The topological polar surface area (TPSA) is 64.4 Å². The molecule has 0 aliphatic heterocycles. The number of carbonyl (C=O) groups is 1. The summed E-state index contributed by atoms with van der Waals surface area (Å²) >= 11 is 0. The molecule has 0 aromatic heterocycles. The molecule has 3 N–H and O–H groups in total. The highest BCUT2D eigenvalue weighted by molar-refractivity contribution is 5.81. The Morgan fingerprint density at radius 2 is 1.87 bits per heavy atom. The van der Waals surface area contributed by atoms with E-state index in [1.807, 2.05) is 0 Å². The first-order valence-corrected chi connectivity index (χ1v) is 8.11. The van der Waals surface area contributed by atoms with Gasteiger partial charge in [0.2, 0.25) is 5.91 Å². The minimum Gasteiger partial charge on any atom is -0.435 e. The van der Waals surface area contributed by atoms with Crippen LogP contribution in [0.15, 0.2) is 24.3 Å². The molecule has 0 saturated heterocycles. The molecule has 4 nitrogen and oxygen atoms in total. The van der Waals surface area contributed by atoms with Gasteiger partial charge in [0.25, 0.3) is 0 Å². The van der Waals surface area contributed by atoms with Crippen molar-refractivity contribution in [2.75, 3.05) is 0 Å². The fourth-order valence-corrected chi connectivity index (χ4v) is 3.00. The number of nitrogens with one attached hydrogen (secondary N) is 1. The number of rotatable bonds is 7. The van der Waals surface area contributed by atoms with Crippen molar-refractivity contribution >= 4 is 5.91 Å². The summed E-state index contributed by atoms with van der Waals surface area (Å²) in [6.07, 6.45) is 6.79. The standard InChI is InChI=1S/C17H24F2N2O2/c18-17(19)23-14-8-6-13(7-9-14)11-21-16(22)15(20)10-12-4-2-1-3-5-12/h6-9,12,15,17H,1-5,10-11,20H2,(H,21,22). The zero-order chi connectivity index (χ0) is 16.7. The van der Waals surface area contributed by atoms with Gasteiger partial charge in [-0.25, -0.2) is 0 Å². The molecule has 2 rings (SSSR count). The van der Waals surface area contributed by atoms with Gasteiger partial charge in [0.15, 0.2) is 0 Å². The van der Waals surface area contributed by atoms with Crippen LogP contribution in [0.25, 0.3) is 0 Å². The molecule has 6 heteroatoms. The van der Waals surface area contributed by atoms with E-state index >= 15 is 0 Å². The minimum atomic E-state index is -2.83. The Hall–Kier alpha value is -1.69. The normalized spacial score (nSPS) is 17.0. The monoisotopic (exact) mass is 326 g/mol.